The number of rotatable bonds is 5. The summed E-state index contributed by atoms with van der Waals surface area (Å²) in [6, 6.07) is 2.78. The SMILES string of the molecule is CC1=C(SC2CCCCC2)C(=O)N(C(C)(C)C(=O)Nc2cc(F)cc(F)c2)CO1. The topological polar surface area (TPSA) is 58.6 Å². The van der Waals surface area contributed by atoms with Crippen molar-refractivity contribution in [3.63, 3.8) is 0 Å². The van der Waals surface area contributed by atoms with Crippen LogP contribution in [0.4, 0.5) is 14.5 Å². The Balaban J connectivity index is 1.75. The summed E-state index contributed by atoms with van der Waals surface area (Å²) >= 11 is 1.53. The van der Waals surface area contributed by atoms with Crippen LogP contribution in [0.1, 0.15) is 52.9 Å². The highest BCUT2D eigenvalue weighted by atomic mass is 32.2. The molecule has 1 heterocycles. The maximum atomic E-state index is 13.4. The monoisotopic (exact) mass is 424 g/mol. The van der Waals surface area contributed by atoms with Crippen molar-refractivity contribution in [2.45, 2.75) is 63.7 Å². The maximum Gasteiger partial charge on any atom is 0.267 e. The van der Waals surface area contributed by atoms with E-state index in [4.69, 9.17) is 4.74 Å². The number of thioether (sulfide) groups is 1. The van der Waals surface area contributed by atoms with Crippen molar-refractivity contribution in [1.82, 2.24) is 4.90 Å². The minimum atomic E-state index is -1.28. The van der Waals surface area contributed by atoms with E-state index < -0.39 is 23.1 Å². The average molecular weight is 425 g/mol. The van der Waals surface area contributed by atoms with Gasteiger partial charge in [-0.25, -0.2) is 8.78 Å². The fourth-order valence-electron chi connectivity index (χ4n) is 3.49. The van der Waals surface area contributed by atoms with Gasteiger partial charge in [-0.15, -0.1) is 11.8 Å². The standard InChI is InChI=1S/C21H26F2N2O3S/c1-13-18(29-17-7-5-4-6-8-17)19(26)25(12-28-13)21(2,3)20(27)24-16-10-14(22)9-15(23)11-16/h9-11,17H,4-8,12H2,1-3H3,(H,24,27). The van der Waals surface area contributed by atoms with Gasteiger partial charge in [0.1, 0.15) is 27.8 Å². The van der Waals surface area contributed by atoms with E-state index in [0.29, 0.717) is 15.9 Å². The molecule has 1 aliphatic carbocycles. The summed E-state index contributed by atoms with van der Waals surface area (Å²) in [6.07, 6.45) is 5.65. The molecule has 29 heavy (non-hydrogen) atoms. The van der Waals surface area contributed by atoms with Gasteiger partial charge in [0.15, 0.2) is 6.73 Å². The highest BCUT2D eigenvalue weighted by Crippen LogP contribution is 2.38. The lowest BCUT2D eigenvalue weighted by molar-refractivity contribution is -0.148. The Hall–Kier alpha value is -2.09. The largest absolute Gasteiger partial charge is 0.476 e. The van der Waals surface area contributed by atoms with Crippen LogP contribution in [-0.4, -0.2) is 34.2 Å². The Morgan fingerprint density at radius 3 is 2.41 bits per heavy atom. The molecular formula is C21H26F2N2O3S. The van der Waals surface area contributed by atoms with Gasteiger partial charge in [-0.1, -0.05) is 19.3 Å². The number of carbonyl (C=O) groups excluding carboxylic acids is 2. The van der Waals surface area contributed by atoms with Crippen molar-refractivity contribution in [3.8, 4) is 0 Å². The molecule has 3 rings (SSSR count). The van der Waals surface area contributed by atoms with Crippen LogP contribution in [0, 0.1) is 11.6 Å². The van der Waals surface area contributed by atoms with Crippen LogP contribution in [0.2, 0.25) is 0 Å². The first-order valence-corrected chi connectivity index (χ1v) is 10.7. The van der Waals surface area contributed by atoms with E-state index in [1.807, 2.05) is 0 Å². The summed E-state index contributed by atoms with van der Waals surface area (Å²) in [6.45, 7) is 4.88. The predicted molar refractivity (Wildman–Crippen MR) is 109 cm³/mol. The minimum Gasteiger partial charge on any atom is -0.476 e. The first-order valence-electron chi connectivity index (χ1n) is 9.78. The number of benzene rings is 1. The van der Waals surface area contributed by atoms with Crippen LogP contribution in [0.3, 0.4) is 0 Å². The van der Waals surface area contributed by atoms with Crippen molar-refractivity contribution < 1.29 is 23.1 Å². The number of nitrogens with zero attached hydrogens (tertiary/aromatic N) is 1. The third-order valence-corrected chi connectivity index (χ3v) is 6.86. The molecular weight excluding hydrogens is 398 g/mol. The quantitative estimate of drug-likeness (QED) is 0.738. The van der Waals surface area contributed by atoms with Gasteiger partial charge in [-0.05, 0) is 45.7 Å². The van der Waals surface area contributed by atoms with Gasteiger partial charge in [-0.3, -0.25) is 14.5 Å². The molecule has 0 saturated heterocycles. The normalized spacial score (nSPS) is 18.7. The molecule has 1 N–H and O–H groups in total. The zero-order valence-corrected chi connectivity index (χ0v) is 17.7. The second kappa shape index (κ2) is 8.73. The molecule has 0 atom stereocenters. The Bertz CT molecular complexity index is 815. The van der Waals surface area contributed by atoms with Gasteiger partial charge in [0.25, 0.3) is 5.91 Å². The molecule has 0 aromatic heterocycles. The molecule has 2 amide bonds. The van der Waals surface area contributed by atoms with Crippen LogP contribution in [0.15, 0.2) is 28.9 Å². The fourth-order valence-corrected chi connectivity index (χ4v) is 4.83. The second-order valence-corrected chi connectivity index (χ2v) is 9.25. The van der Waals surface area contributed by atoms with Crippen LogP contribution < -0.4 is 5.32 Å². The highest BCUT2D eigenvalue weighted by Gasteiger charge is 2.42. The van der Waals surface area contributed by atoms with Crippen molar-refractivity contribution in [2.75, 3.05) is 12.0 Å². The Labute approximate surface area is 173 Å². The minimum absolute atomic E-state index is 0.00511. The molecule has 8 heteroatoms. The summed E-state index contributed by atoms with van der Waals surface area (Å²) < 4.78 is 32.6. The average Bonchev–Trinajstić information content (AvgIpc) is 2.65. The predicted octanol–water partition coefficient (Wildman–Crippen LogP) is 4.80. The smallest absolute Gasteiger partial charge is 0.267 e. The third kappa shape index (κ3) is 4.91. The van der Waals surface area contributed by atoms with Gasteiger partial charge in [0.2, 0.25) is 5.91 Å². The number of ether oxygens (including phenoxy) is 1. The van der Waals surface area contributed by atoms with Crippen molar-refractivity contribution in [3.05, 3.63) is 40.5 Å². The lowest BCUT2D eigenvalue weighted by Gasteiger charge is -2.40. The molecule has 158 valence electrons. The van der Waals surface area contributed by atoms with E-state index >= 15 is 0 Å². The molecule has 1 aliphatic heterocycles. The molecule has 1 saturated carbocycles. The summed E-state index contributed by atoms with van der Waals surface area (Å²) in [7, 11) is 0. The van der Waals surface area contributed by atoms with E-state index in [9.17, 15) is 18.4 Å². The van der Waals surface area contributed by atoms with Crippen molar-refractivity contribution in [2.24, 2.45) is 0 Å². The summed E-state index contributed by atoms with van der Waals surface area (Å²) in [5.74, 6) is -1.82. The molecule has 0 radical (unpaired) electrons. The first-order chi connectivity index (χ1) is 13.7. The molecule has 0 unspecified atom stereocenters. The number of halogens is 2. The van der Waals surface area contributed by atoms with Gasteiger partial charge in [0, 0.05) is 17.0 Å². The van der Waals surface area contributed by atoms with Crippen molar-refractivity contribution in [1.29, 1.82) is 0 Å². The second-order valence-electron chi connectivity index (χ2n) is 7.94. The van der Waals surface area contributed by atoms with Crippen LogP contribution in [0.5, 0.6) is 0 Å². The van der Waals surface area contributed by atoms with E-state index in [1.165, 1.54) is 23.1 Å². The van der Waals surface area contributed by atoms with E-state index in [2.05, 4.69) is 5.32 Å². The number of allylic oxidation sites excluding steroid dienone is 1. The molecule has 1 aromatic rings. The molecule has 1 fully saturated rings. The lowest BCUT2D eigenvalue weighted by atomic mass is 10.0. The van der Waals surface area contributed by atoms with E-state index in [-0.39, 0.29) is 18.3 Å². The molecule has 1 aromatic carbocycles. The zero-order valence-electron chi connectivity index (χ0n) is 16.9. The van der Waals surface area contributed by atoms with Crippen LogP contribution in [0.25, 0.3) is 0 Å². The number of amides is 2. The Kier molecular flexibility index (Phi) is 6.51. The number of carbonyl (C=O) groups is 2. The summed E-state index contributed by atoms with van der Waals surface area (Å²) in [5, 5.41) is 2.87. The third-order valence-electron chi connectivity index (χ3n) is 5.36. The number of hydrogen-bond donors (Lipinski definition) is 1. The van der Waals surface area contributed by atoms with Gasteiger partial charge < -0.3 is 10.1 Å². The number of anilines is 1. The molecule has 5 nitrogen and oxygen atoms in total. The number of nitrogens with one attached hydrogen (secondary N) is 1. The van der Waals surface area contributed by atoms with Gasteiger partial charge >= 0.3 is 0 Å². The van der Waals surface area contributed by atoms with Gasteiger partial charge in [0.05, 0.1) is 0 Å². The van der Waals surface area contributed by atoms with Gasteiger partial charge in [-0.2, -0.15) is 0 Å². The van der Waals surface area contributed by atoms with Crippen LogP contribution >= 0.6 is 11.8 Å². The molecule has 0 bridgehead atoms. The van der Waals surface area contributed by atoms with Crippen molar-refractivity contribution >= 4 is 29.3 Å². The highest BCUT2D eigenvalue weighted by molar-refractivity contribution is 8.04. The van der Waals surface area contributed by atoms with E-state index in [0.717, 1.165) is 43.9 Å². The summed E-state index contributed by atoms with van der Waals surface area (Å²) in [4.78, 5) is 27.9. The Morgan fingerprint density at radius 1 is 1.17 bits per heavy atom. The summed E-state index contributed by atoms with van der Waals surface area (Å²) in [5.41, 5.74) is -1.28. The fraction of sp³-hybridized carbons (Fsp3) is 0.524. The first kappa shape index (κ1) is 21.6. The lowest BCUT2D eigenvalue weighted by Crippen LogP contribution is -2.57. The maximum absolute atomic E-state index is 13.4. The molecule has 0 spiro atoms. The zero-order chi connectivity index (χ0) is 21.2. The Morgan fingerprint density at radius 2 is 1.79 bits per heavy atom. The van der Waals surface area contributed by atoms with Crippen LogP contribution in [-0.2, 0) is 14.3 Å². The number of hydrogen-bond acceptors (Lipinski definition) is 4. The van der Waals surface area contributed by atoms with E-state index in [1.54, 1.807) is 20.8 Å². The molecule has 2 aliphatic rings.